The van der Waals surface area contributed by atoms with E-state index in [2.05, 4.69) is 0 Å². The summed E-state index contributed by atoms with van der Waals surface area (Å²) in [6.07, 6.45) is -0.757. The van der Waals surface area contributed by atoms with Crippen molar-refractivity contribution in [3.63, 3.8) is 0 Å². The first kappa shape index (κ1) is 17.4. The molecule has 1 fully saturated rings. The van der Waals surface area contributed by atoms with Crippen molar-refractivity contribution in [2.75, 3.05) is 0 Å². The second kappa shape index (κ2) is 6.54. The maximum atomic E-state index is 11.8. The largest absolute Gasteiger partial charge is 0.480 e. The lowest BCUT2D eigenvalue weighted by Gasteiger charge is -2.25. The highest BCUT2D eigenvalue weighted by molar-refractivity contribution is 6.00. The number of hydrogen-bond acceptors (Lipinski definition) is 4. The predicted molar refractivity (Wildman–Crippen MR) is 69.6 cm³/mol. The average molecular weight is 273 g/mol. The highest BCUT2D eigenvalue weighted by atomic mass is 16.6. The topological polar surface area (TPSA) is 83.9 Å². The first-order valence-corrected chi connectivity index (χ1v) is 6.42. The molecular weight excluding hydrogens is 250 g/mol. The Morgan fingerprint density at radius 1 is 1.32 bits per heavy atom. The molecule has 2 atom stereocenters. The fourth-order valence-corrected chi connectivity index (χ4v) is 1.67. The van der Waals surface area contributed by atoms with Crippen LogP contribution in [0.3, 0.4) is 0 Å². The summed E-state index contributed by atoms with van der Waals surface area (Å²) in [7, 11) is 0. The van der Waals surface area contributed by atoms with Gasteiger partial charge in [-0.15, -0.1) is 0 Å². The van der Waals surface area contributed by atoms with Gasteiger partial charge in [0.25, 0.3) is 0 Å². The third-order valence-corrected chi connectivity index (χ3v) is 2.42. The fourth-order valence-electron chi connectivity index (χ4n) is 1.67. The average Bonchev–Trinajstić information content (AvgIpc) is 2.56. The predicted octanol–water partition coefficient (Wildman–Crippen LogP) is 2.27. The maximum Gasteiger partial charge on any atom is 0.417 e. The van der Waals surface area contributed by atoms with Gasteiger partial charge < -0.3 is 9.84 Å². The molecule has 0 saturated carbocycles. The monoisotopic (exact) mass is 273 g/mol. The van der Waals surface area contributed by atoms with Crippen molar-refractivity contribution in [2.45, 2.75) is 59.6 Å². The Labute approximate surface area is 113 Å². The molecule has 1 aliphatic heterocycles. The number of imide groups is 1. The van der Waals surface area contributed by atoms with E-state index in [1.807, 2.05) is 13.8 Å². The van der Waals surface area contributed by atoms with E-state index in [1.54, 1.807) is 27.7 Å². The van der Waals surface area contributed by atoms with Crippen LogP contribution in [0.15, 0.2) is 0 Å². The smallest absolute Gasteiger partial charge is 0.417 e. The zero-order valence-corrected chi connectivity index (χ0v) is 12.4. The van der Waals surface area contributed by atoms with Gasteiger partial charge in [-0.1, -0.05) is 20.8 Å². The van der Waals surface area contributed by atoms with Gasteiger partial charge in [-0.3, -0.25) is 4.79 Å². The summed E-state index contributed by atoms with van der Waals surface area (Å²) in [5, 5.41) is 8.96. The standard InChI is InChI=1S/C11H17NO5.C2H6/c1-6-5-7(9(14)15)12(8(6)13)10(16)17-11(2,3)4;1-2/h6-7H,5H2,1-4H3,(H,14,15);1-2H3/t6?,7-;/m0./s1. The molecule has 0 aromatic carbocycles. The highest BCUT2D eigenvalue weighted by Crippen LogP contribution is 2.26. The molecule has 2 amide bonds. The van der Waals surface area contributed by atoms with E-state index < -0.39 is 35.5 Å². The van der Waals surface area contributed by atoms with Crippen LogP contribution in [0.25, 0.3) is 0 Å². The molecular formula is C13H23NO5. The number of carboxylic acid groups (broad SMARTS) is 1. The third-order valence-electron chi connectivity index (χ3n) is 2.42. The molecule has 0 spiro atoms. The van der Waals surface area contributed by atoms with Crippen LogP contribution in [0.4, 0.5) is 4.79 Å². The van der Waals surface area contributed by atoms with Crippen molar-refractivity contribution in [3.8, 4) is 0 Å². The van der Waals surface area contributed by atoms with Crippen molar-refractivity contribution in [1.82, 2.24) is 4.90 Å². The van der Waals surface area contributed by atoms with Crippen molar-refractivity contribution >= 4 is 18.0 Å². The maximum absolute atomic E-state index is 11.8. The van der Waals surface area contributed by atoms with Crippen LogP contribution in [0, 0.1) is 5.92 Å². The van der Waals surface area contributed by atoms with Crippen LogP contribution in [0.5, 0.6) is 0 Å². The van der Waals surface area contributed by atoms with Crippen LogP contribution in [-0.4, -0.2) is 39.6 Å². The molecule has 6 heteroatoms. The molecule has 0 aromatic rings. The van der Waals surface area contributed by atoms with E-state index in [1.165, 1.54) is 0 Å². The van der Waals surface area contributed by atoms with Gasteiger partial charge in [0, 0.05) is 5.92 Å². The molecule has 1 aliphatic rings. The Morgan fingerprint density at radius 2 is 1.79 bits per heavy atom. The summed E-state index contributed by atoms with van der Waals surface area (Å²) >= 11 is 0. The number of carbonyl (C=O) groups is 3. The van der Waals surface area contributed by atoms with E-state index in [0.29, 0.717) is 4.90 Å². The zero-order chi connectivity index (χ0) is 15.4. The van der Waals surface area contributed by atoms with Crippen LogP contribution in [-0.2, 0) is 14.3 Å². The van der Waals surface area contributed by atoms with Crippen LogP contribution in [0.1, 0.15) is 48.0 Å². The van der Waals surface area contributed by atoms with E-state index in [-0.39, 0.29) is 6.42 Å². The Hall–Kier alpha value is -1.59. The van der Waals surface area contributed by atoms with Gasteiger partial charge in [0.05, 0.1) is 0 Å². The molecule has 1 saturated heterocycles. The second-order valence-electron chi connectivity index (χ2n) is 5.18. The van der Waals surface area contributed by atoms with Crippen LogP contribution >= 0.6 is 0 Å². The molecule has 1 N–H and O–H groups in total. The Kier molecular flexibility index (Phi) is 5.99. The number of nitrogens with zero attached hydrogens (tertiary/aromatic N) is 1. The molecule has 110 valence electrons. The molecule has 0 radical (unpaired) electrons. The van der Waals surface area contributed by atoms with E-state index in [0.717, 1.165) is 0 Å². The highest BCUT2D eigenvalue weighted by Gasteiger charge is 2.46. The summed E-state index contributed by atoms with van der Waals surface area (Å²) < 4.78 is 5.02. The number of carbonyl (C=O) groups excluding carboxylic acids is 2. The minimum Gasteiger partial charge on any atom is -0.480 e. The number of amides is 2. The molecule has 1 heterocycles. The van der Waals surface area contributed by atoms with E-state index in [4.69, 9.17) is 9.84 Å². The summed E-state index contributed by atoms with van der Waals surface area (Å²) in [5.74, 6) is -2.15. The molecule has 19 heavy (non-hydrogen) atoms. The number of aliphatic carboxylic acids is 1. The third kappa shape index (κ3) is 4.54. The lowest BCUT2D eigenvalue weighted by atomic mass is 10.1. The Balaban J connectivity index is 0.00000154. The lowest BCUT2D eigenvalue weighted by Crippen LogP contribution is -2.45. The van der Waals surface area contributed by atoms with Gasteiger partial charge >= 0.3 is 12.1 Å². The first-order valence-electron chi connectivity index (χ1n) is 6.42. The molecule has 1 unspecified atom stereocenters. The summed E-state index contributed by atoms with van der Waals surface area (Å²) in [5.41, 5.74) is -0.758. The van der Waals surface area contributed by atoms with Gasteiger partial charge in [-0.05, 0) is 27.2 Å². The van der Waals surface area contributed by atoms with E-state index >= 15 is 0 Å². The van der Waals surface area contributed by atoms with Crippen molar-refractivity contribution in [1.29, 1.82) is 0 Å². The Bertz CT molecular complexity index is 359. The van der Waals surface area contributed by atoms with Gasteiger partial charge in [0.15, 0.2) is 0 Å². The summed E-state index contributed by atoms with van der Waals surface area (Å²) in [4.78, 5) is 35.1. The molecule has 0 bridgehead atoms. The number of likely N-dealkylation sites (tertiary alicyclic amines) is 1. The molecule has 6 nitrogen and oxygen atoms in total. The van der Waals surface area contributed by atoms with Crippen molar-refractivity contribution < 1.29 is 24.2 Å². The summed E-state index contributed by atoms with van der Waals surface area (Å²) in [6, 6.07) is -1.12. The second-order valence-corrected chi connectivity index (χ2v) is 5.18. The number of rotatable bonds is 1. The lowest BCUT2D eigenvalue weighted by molar-refractivity contribution is -0.145. The SMILES string of the molecule is CC.CC1C[C@@H](C(=O)O)N(C(=O)OC(C)(C)C)C1=O. The molecule has 0 aliphatic carbocycles. The minimum absolute atomic E-state index is 0.132. The first-order chi connectivity index (χ1) is 8.63. The Morgan fingerprint density at radius 3 is 2.16 bits per heavy atom. The molecule has 1 rings (SSSR count). The van der Waals surface area contributed by atoms with Crippen molar-refractivity contribution in [2.24, 2.45) is 5.92 Å². The van der Waals surface area contributed by atoms with Gasteiger partial charge in [-0.2, -0.15) is 0 Å². The zero-order valence-electron chi connectivity index (χ0n) is 12.4. The summed E-state index contributed by atoms with van der Waals surface area (Å²) in [6.45, 7) is 10.6. The molecule has 0 aromatic heterocycles. The quantitative estimate of drug-likeness (QED) is 0.792. The van der Waals surface area contributed by atoms with Gasteiger partial charge in [0.1, 0.15) is 11.6 Å². The van der Waals surface area contributed by atoms with Crippen LogP contribution < -0.4 is 0 Å². The minimum atomic E-state index is -1.19. The van der Waals surface area contributed by atoms with Crippen LogP contribution in [0.2, 0.25) is 0 Å². The normalized spacial score (nSPS) is 22.6. The number of ether oxygens (including phenoxy) is 1. The van der Waals surface area contributed by atoms with Gasteiger partial charge in [0.2, 0.25) is 5.91 Å². The van der Waals surface area contributed by atoms with Gasteiger partial charge in [-0.25, -0.2) is 14.5 Å². The fraction of sp³-hybridized carbons (Fsp3) is 0.769. The number of hydrogen-bond donors (Lipinski definition) is 1. The van der Waals surface area contributed by atoms with E-state index in [9.17, 15) is 14.4 Å². The number of carboxylic acids is 1. The van der Waals surface area contributed by atoms with Crippen molar-refractivity contribution in [3.05, 3.63) is 0 Å².